The van der Waals surface area contributed by atoms with E-state index in [-0.39, 0.29) is 0 Å². The second-order valence-electron chi connectivity index (χ2n) is 7.07. The van der Waals surface area contributed by atoms with Crippen LogP contribution in [0.15, 0.2) is 51.9 Å². The fourth-order valence-corrected chi connectivity index (χ4v) is 3.85. The van der Waals surface area contributed by atoms with Crippen molar-refractivity contribution in [2.45, 2.75) is 13.0 Å². The second kappa shape index (κ2) is 8.73. The number of nitrogens with one attached hydrogen (secondary N) is 2. The quantitative estimate of drug-likeness (QED) is 0.546. The molecule has 0 aromatic heterocycles. The molecule has 0 amide bonds. The van der Waals surface area contributed by atoms with E-state index in [9.17, 15) is 0 Å². The van der Waals surface area contributed by atoms with Crippen LogP contribution in [0.4, 0.5) is 5.69 Å². The Balaban J connectivity index is 1.24. The third kappa shape index (κ3) is 4.52. The van der Waals surface area contributed by atoms with Crippen molar-refractivity contribution < 1.29 is 9.47 Å². The van der Waals surface area contributed by atoms with Gasteiger partial charge >= 0.3 is 0 Å². The summed E-state index contributed by atoms with van der Waals surface area (Å²) in [4.78, 5) is 6.79. The number of hydrogen-bond acceptors (Lipinski definition) is 4. The van der Waals surface area contributed by atoms with Crippen molar-refractivity contribution >= 4 is 27.6 Å². The largest absolute Gasteiger partial charge is 0.454 e. The van der Waals surface area contributed by atoms with Crippen LogP contribution in [0, 0.1) is 5.92 Å². The summed E-state index contributed by atoms with van der Waals surface area (Å²) in [7, 11) is 1.80. The maximum absolute atomic E-state index is 5.44. The molecule has 7 heteroatoms. The maximum atomic E-state index is 5.44. The van der Waals surface area contributed by atoms with Crippen molar-refractivity contribution in [3.8, 4) is 11.5 Å². The summed E-state index contributed by atoms with van der Waals surface area (Å²) in [6.07, 6.45) is 1.18. The molecule has 2 aliphatic rings. The molecule has 1 fully saturated rings. The van der Waals surface area contributed by atoms with Crippen molar-refractivity contribution in [2.75, 3.05) is 38.4 Å². The lowest BCUT2D eigenvalue weighted by atomic mass is 10.1. The summed E-state index contributed by atoms with van der Waals surface area (Å²) in [5.74, 6) is 3.04. The van der Waals surface area contributed by atoms with E-state index >= 15 is 0 Å². The molecular weight excluding hydrogens is 420 g/mol. The smallest absolute Gasteiger partial charge is 0.231 e. The summed E-state index contributed by atoms with van der Waals surface area (Å²) in [6, 6.07) is 14.5. The van der Waals surface area contributed by atoms with Gasteiger partial charge < -0.3 is 25.0 Å². The lowest BCUT2D eigenvalue weighted by molar-refractivity contribution is 0.174. The molecule has 0 radical (unpaired) electrons. The standard InChI is InChI=1S/C21H25BrN4O2/c1-23-21(24-11-15-2-7-19-20(10-15)28-14-27-19)25-12-16-8-9-26(13-16)18-5-3-17(22)4-6-18/h2-7,10,16H,8-9,11-14H2,1H3,(H2,23,24,25). The highest BCUT2D eigenvalue weighted by Gasteiger charge is 2.22. The number of aliphatic imine (C=N–C) groups is 1. The number of anilines is 1. The van der Waals surface area contributed by atoms with E-state index in [0.29, 0.717) is 19.3 Å². The van der Waals surface area contributed by atoms with Crippen molar-refractivity contribution in [2.24, 2.45) is 10.9 Å². The minimum atomic E-state index is 0.300. The van der Waals surface area contributed by atoms with Crippen molar-refractivity contribution in [1.82, 2.24) is 10.6 Å². The number of hydrogen-bond donors (Lipinski definition) is 2. The Bertz CT molecular complexity index is 841. The molecule has 1 saturated heterocycles. The Kier molecular flexibility index (Phi) is 5.90. The van der Waals surface area contributed by atoms with Gasteiger partial charge in [-0.25, -0.2) is 0 Å². The number of nitrogens with zero attached hydrogens (tertiary/aromatic N) is 2. The predicted molar refractivity (Wildman–Crippen MR) is 115 cm³/mol. The van der Waals surface area contributed by atoms with Gasteiger partial charge in [-0.1, -0.05) is 22.0 Å². The van der Waals surface area contributed by atoms with Gasteiger partial charge in [0.25, 0.3) is 0 Å². The van der Waals surface area contributed by atoms with Crippen molar-refractivity contribution in [1.29, 1.82) is 0 Å². The summed E-state index contributed by atoms with van der Waals surface area (Å²) in [5.41, 5.74) is 2.42. The van der Waals surface area contributed by atoms with Crippen LogP contribution in [0.25, 0.3) is 0 Å². The van der Waals surface area contributed by atoms with E-state index in [1.807, 2.05) is 18.2 Å². The molecule has 4 rings (SSSR count). The van der Waals surface area contributed by atoms with Gasteiger partial charge in [-0.2, -0.15) is 0 Å². The number of fused-ring (bicyclic) bond motifs is 1. The summed E-state index contributed by atoms with van der Waals surface area (Å²) in [6.45, 7) is 4.05. The molecule has 6 nitrogen and oxygen atoms in total. The predicted octanol–water partition coefficient (Wildman–Crippen LogP) is 3.37. The normalized spacial score (nSPS) is 18.4. The van der Waals surface area contributed by atoms with E-state index in [0.717, 1.165) is 47.1 Å². The van der Waals surface area contributed by atoms with Gasteiger partial charge in [0.15, 0.2) is 17.5 Å². The Morgan fingerprint density at radius 2 is 1.96 bits per heavy atom. The van der Waals surface area contributed by atoms with Crippen molar-refractivity contribution in [3.63, 3.8) is 0 Å². The minimum Gasteiger partial charge on any atom is -0.454 e. The Morgan fingerprint density at radius 3 is 2.79 bits per heavy atom. The molecule has 2 aliphatic heterocycles. The Morgan fingerprint density at radius 1 is 1.14 bits per heavy atom. The molecule has 28 heavy (non-hydrogen) atoms. The number of ether oxygens (including phenoxy) is 2. The zero-order valence-corrected chi connectivity index (χ0v) is 17.5. The fraction of sp³-hybridized carbons (Fsp3) is 0.381. The lowest BCUT2D eigenvalue weighted by Gasteiger charge is -2.19. The maximum Gasteiger partial charge on any atom is 0.231 e. The van der Waals surface area contributed by atoms with Crippen LogP contribution >= 0.6 is 15.9 Å². The second-order valence-corrected chi connectivity index (χ2v) is 7.99. The highest BCUT2D eigenvalue weighted by atomic mass is 79.9. The molecule has 2 aromatic rings. The molecule has 2 heterocycles. The van der Waals surface area contributed by atoms with Gasteiger partial charge in [0.1, 0.15) is 0 Å². The van der Waals surface area contributed by atoms with E-state index in [2.05, 4.69) is 60.7 Å². The molecule has 1 unspecified atom stereocenters. The third-order valence-corrected chi connectivity index (χ3v) is 5.69. The number of halogens is 1. The summed E-state index contributed by atoms with van der Waals surface area (Å²) >= 11 is 3.50. The lowest BCUT2D eigenvalue weighted by Crippen LogP contribution is -2.39. The summed E-state index contributed by atoms with van der Waals surface area (Å²) in [5, 5.41) is 6.84. The molecule has 2 aromatic carbocycles. The molecule has 2 N–H and O–H groups in total. The molecule has 1 atom stereocenters. The van der Waals surface area contributed by atoms with Gasteiger partial charge in [0.2, 0.25) is 6.79 Å². The van der Waals surface area contributed by atoms with Gasteiger partial charge in [-0.15, -0.1) is 0 Å². The van der Waals surface area contributed by atoms with Gasteiger partial charge in [-0.05, 0) is 54.3 Å². The molecule has 0 bridgehead atoms. The number of rotatable bonds is 5. The van der Waals surface area contributed by atoms with Gasteiger partial charge in [-0.3, -0.25) is 4.99 Å². The molecular formula is C21H25BrN4O2. The van der Waals surface area contributed by atoms with E-state index in [1.54, 1.807) is 7.05 Å². The first-order chi connectivity index (χ1) is 13.7. The highest BCUT2D eigenvalue weighted by molar-refractivity contribution is 9.10. The van der Waals surface area contributed by atoms with Crippen LogP contribution in [0.1, 0.15) is 12.0 Å². The summed E-state index contributed by atoms with van der Waals surface area (Å²) < 4.78 is 11.9. The van der Waals surface area contributed by atoms with Crippen LogP contribution in [-0.4, -0.2) is 39.4 Å². The molecule has 0 saturated carbocycles. The zero-order chi connectivity index (χ0) is 19.3. The van der Waals surface area contributed by atoms with Gasteiger partial charge in [0, 0.05) is 43.4 Å². The van der Waals surface area contributed by atoms with Crippen LogP contribution in [0.5, 0.6) is 11.5 Å². The fourth-order valence-electron chi connectivity index (χ4n) is 3.58. The highest BCUT2D eigenvalue weighted by Crippen LogP contribution is 2.32. The van der Waals surface area contributed by atoms with Crippen LogP contribution in [-0.2, 0) is 6.54 Å². The van der Waals surface area contributed by atoms with Crippen LogP contribution in [0.2, 0.25) is 0 Å². The topological polar surface area (TPSA) is 58.1 Å². The monoisotopic (exact) mass is 444 g/mol. The number of benzene rings is 2. The first kappa shape index (κ1) is 18.9. The zero-order valence-electron chi connectivity index (χ0n) is 16.0. The Labute approximate surface area is 174 Å². The minimum absolute atomic E-state index is 0.300. The molecule has 0 aliphatic carbocycles. The average Bonchev–Trinajstić information content (AvgIpc) is 3.37. The molecule has 0 spiro atoms. The van der Waals surface area contributed by atoms with Crippen LogP contribution < -0.4 is 25.0 Å². The average molecular weight is 445 g/mol. The van der Waals surface area contributed by atoms with Gasteiger partial charge in [0.05, 0.1) is 0 Å². The van der Waals surface area contributed by atoms with Crippen LogP contribution in [0.3, 0.4) is 0 Å². The van der Waals surface area contributed by atoms with E-state index < -0.39 is 0 Å². The Hall–Kier alpha value is -2.41. The van der Waals surface area contributed by atoms with E-state index in [1.165, 1.54) is 12.1 Å². The molecule has 148 valence electrons. The third-order valence-electron chi connectivity index (χ3n) is 5.16. The first-order valence-corrected chi connectivity index (χ1v) is 10.3. The SMILES string of the molecule is CN=C(NCc1ccc2c(c1)OCO2)NCC1CCN(c2ccc(Br)cc2)C1. The first-order valence-electron chi connectivity index (χ1n) is 9.55. The van der Waals surface area contributed by atoms with Crippen molar-refractivity contribution in [3.05, 3.63) is 52.5 Å². The number of guanidine groups is 1. The van der Waals surface area contributed by atoms with E-state index in [4.69, 9.17) is 9.47 Å².